The second-order valence-corrected chi connectivity index (χ2v) is 4.44. The number of rotatable bonds is 2. The molecule has 0 aliphatic carbocycles. The Morgan fingerprint density at radius 1 is 1.60 bits per heavy atom. The van der Waals surface area contributed by atoms with Gasteiger partial charge in [-0.3, -0.25) is 4.79 Å². The molecule has 4 nitrogen and oxygen atoms in total. The number of hydrogen-bond donors (Lipinski definition) is 1. The van der Waals surface area contributed by atoms with Crippen LogP contribution >= 0.6 is 11.3 Å². The van der Waals surface area contributed by atoms with Crippen molar-refractivity contribution in [2.45, 2.75) is 13.5 Å². The van der Waals surface area contributed by atoms with E-state index >= 15 is 0 Å². The van der Waals surface area contributed by atoms with Crippen LogP contribution in [0.15, 0.2) is 29.3 Å². The predicted molar refractivity (Wildman–Crippen MR) is 61.1 cm³/mol. The smallest absolute Gasteiger partial charge is 0.253 e. The van der Waals surface area contributed by atoms with Gasteiger partial charge >= 0.3 is 0 Å². The first kappa shape index (κ1) is 9.92. The zero-order valence-electron chi connectivity index (χ0n) is 8.30. The molecule has 15 heavy (non-hydrogen) atoms. The summed E-state index contributed by atoms with van der Waals surface area (Å²) in [4.78, 5) is 16.6. The standard InChI is InChI=1S/C10H11N3OS/c1-7-3-2-4-13(9(7)14)6-8-5-12-10(11)15-8/h2-5H,6H2,1H3,(H2,11,12). The molecule has 0 saturated heterocycles. The van der Waals surface area contributed by atoms with Crippen molar-refractivity contribution < 1.29 is 0 Å². The zero-order chi connectivity index (χ0) is 10.8. The Balaban J connectivity index is 2.32. The first-order chi connectivity index (χ1) is 7.16. The maximum atomic E-state index is 11.7. The number of nitrogens with zero attached hydrogens (tertiary/aromatic N) is 2. The number of nitrogens with two attached hydrogens (primary N) is 1. The van der Waals surface area contributed by atoms with E-state index in [-0.39, 0.29) is 5.56 Å². The summed E-state index contributed by atoms with van der Waals surface area (Å²) in [6.45, 7) is 2.34. The molecule has 2 aromatic rings. The molecule has 2 N–H and O–H groups in total. The van der Waals surface area contributed by atoms with Crippen LogP contribution in [0.5, 0.6) is 0 Å². The molecule has 2 heterocycles. The van der Waals surface area contributed by atoms with Gasteiger partial charge in [0.25, 0.3) is 5.56 Å². The van der Waals surface area contributed by atoms with Crippen LogP contribution in [0.3, 0.4) is 0 Å². The largest absolute Gasteiger partial charge is 0.375 e. The molecule has 0 aromatic carbocycles. The van der Waals surface area contributed by atoms with E-state index in [2.05, 4.69) is 4.98 Å². The average Bonchev–Trinajstić information content (AvgIpc) is 2.59. The van der Waals surface area contributed by atoms with Gasteiger partial charge < -0.3 is 10.3 Å². The first-order valence-corrected chi connectivity index (χ1v) is 5.34. The fourth-order valence-corrected chi connectivity index (χ4v) is 2.03. The molecule has 0 atom stereocenters. The normalized spacial score (nSPS) is 10.5. The molecular weight excluding hydrogens is 210 g/mol. The van der Waals surface area contributed by atoms with Crippen molar-refractivity contribution >= 4 is 16.5 Å². The third kappa shape index (κ3) is 2.07. The molecule has 0 fully saturated rings. The maximum absolute atomic E-state index is 11.7. The Hall–Kier alpha value is -1.62. The highest BCUT2D eigenvalue weighted by Gasteiger charge is 2.02. The summed E-state index contributed by atoms with van der Waals surface area (Å²) in [5.41, 5.74) is 6.30. The highest BCUT2D eigenvalue weighted by molar-refractivity contribution is 7.15. The van der Waals surface area contributed by atoms with Crippen LogP contribution in [0.4, 0.5) is 5.13 Å². The van der Waals surface area contributed by atoms with Crippen LogP contribution < -0.4 is 11.3 Å². The van der Waals surface area contributed by atoms with Crippen molar-refractivity contribution in [3.63, 3.8) is 0 Å². The zero-order valence-corrected chi connectivity index (χ0v) is 9.12. The summed E-state index contributed by atoms with van der Waals surface area (Å²) in [6.07, 6.45) is 3.47. The summed E-state index contributed by atoms with van der Waals surface area (Å²) >= 11 is 1.40. The van der Waals surface area contributed by atoms with E-state index in [0.717, 1.165) is 10.4 Å². The molecule has 0 unspecified atom stereocenters. The lowest BCUT2D eigenvalue weighted by molar-refractivity contribution is 0.761. The van der Waals surface area contributed by atoms with Crippen molar-refractivity contribution in [1.82, 2.24) is 9.55 Å². The third-order valence-electron chi connectivity index (χ3n) is 2.11. The molecule has 0 bridgehead atoms. The van der Waals surface area contributed by atoms with Gasteiger partial charge in [-0.25, -0.2) is 4.98 Å². The molecule has 78 valence electrons. The minimum Gasteiger partial charge on any atom is -0.375 e. The SMILES string of the molecule is Cc1cccn(Cc2cnc(N)s2)c1=O. The van der Waals surface area contributed by atoms with E-state index in [1.807, 2.05) is 6.07 Å². The van der Waals surface area contributed by atoms with Gasteiger partial charge in [-0.05, 0) is 13.0 Å². The minimum absolute atomic E-state index is 0.0319. The van der Waals surface area contributed by atoms with Crippen molar-refractivity contribution in [1.29, 1.82) is 0 Å². The molecule has 0 aliphatic rings. The van der Waals surface area contributed by atoms with Gasteiger partial charge in [-0.1, -0.05) is 6.07 Å². The Bertz CT molecular complexity index is 529. The molecule has 2 rings (SSSR count). The van der Waals surface area contributed by atoms with E-state index in [4.69, 9.17) is 5.73 Å². The number of thiazole rings is 1. The highest BCUT2D eigenvalue weighted by Crippen LogP contribution is 2.14. The predicted octanol–water partition coefficient (Wildman–Crippen LogP) is 1.24. The molecule has 2 aromatic heterocycles. The molecule has 0 spiro atoms. The van der Waals surface area contributed by atoms with E-state index in [1.54, 1.807) is 30.0 Å². The minimum atomic E-state index is 0.0319. The Labute approximate surface area is 91.0 Å². The fourth-order valence-electron chi connectivity index (χ4n) is 1.34. The van der Waals surface area contributed by atoms with Crippen LogP contribution in [-0.4, -0.2) is 9.55 Å². The summed E-state index contributed by atoms with van der Waals surface area (Å²) in [6, 6.07) is 3.67. The van der Waals surface area contributed by atoms with Crippen molar-refractivity contribution in [2.75, 3.05) is 5.73 Å². The molecular formula is C10H11N3OS. The Kier molecular flexibility index (Phi) is 2.55. The second kappa shape index (κ2) is 3.86. The van der Waals surface area contributed by atoms with Crippen LogP contribution in [0, 0.1) is 6.92 Å². The molecule has 0 amide bonds. The van der Waals surface area contributed by atoms with Gasteiger partial charge in [-0.15, -0.1) is 11.3 Å². The van der Waals surface area contributed by atoms with E-state index < -0.39 is 0 Å². The molecule has 0 radical (unpaired) electrons. The number of pyridine rings is 1. The fraction of sp³-hybridized carbons (Fsp3) is 0.200. The van der Waals surface area contributed by atoms with E-state index in [1.165, 1.54) is 11.3 Å². The molecule has 0 aliphatic heterocycles. The van der Waals surface area contributed by atoms with Gasteiger partial charge in [0.2, 0.25) is 0 Å². The lowest BCUT2D eigenvalue weighted by atomic mass is 10.3. The lowest BCUT2D eigenvalue weighted by Crippen LogP contribution is -2.21. The molecule has 5 heteroatoms. The number of anilines is 1. The number of hydrogen-bond acceptors (Lipinski definition) is 4. The Morgan fingerprint density at radius 3 is 3.07 bits per heavy atom. The third-order valence-corrected chi connectivity index (χ3v) is 2.92. The number of nitrogen functional groups attached to an aromatic ring is 1. The monoisotopic (exact) mass is 221 g/mol. The van der Waals surface area contributed by atoms with Crippen LogP contribution in [-0.2, 0) is 6.54 Å². The second-order valence-electron chi connectivity index (χ2n) is 3.29. The van der Waals surface area contributed by atoms with Crippen LogP contribution in [0.25, 0.3) is 0 Å². The Morgan fingerprint density at radius 2 is 2.40 bits per heavy atom. The van der Waals surface area contributed by atoms with Gasteiger partial charge in [0.05, 0.1) is 6.54 Å². The van der Waals surface area contributed by atoms with Crippen molar-refractivity contribution in [3.8, 4) is 0 Å². The topological polar surface area (TPSA) is 60.9 Å². The summed E-state index contributed by atoms with van der Waals surface area (Å²) in [5.74, 6) is 0. The summed E-state index contributed by atoms with van der Waals surface area (Å²) in [5, 5.41) is 0.533. The molecule has 0 saturated carbocycles. The van der Waals surface area contributed by atoms with Crippen molar-refractivity contribution in [2.24, 2.45) is 0 Å². The van der Waals surface area contributed by atoms with Crippen LogP contribution in [0.1, 0.15) is 10.4 Å². The quantitative estimate of drug-likeness (QED) is 0.830. The van der Waals surface area contributed by atoms with Gasteiger partial charge in [0.15, 0.2) is 5.13 Å². The summed E-state index contributed by atoms with van der Waals surface area (Å²) < 4.78 is 1.66. The average molecular weight is 221 g/mol. The number of aryl methyl sites for hydroxylation is 1. The van der Waals surface area contributed by atoms with Crippen LogP contribution in [0.2, 0.25) is 0 Å². The van der Waals surface area contributed by atoms with Gasteiger partial charge in [-0.2, -0.15) is 0 Å². The van der Waals surface area contributed by atoms with E-state index in [9.17, 15) is 4.79 Å². The first-order valence-electron chi connectivity index (χ1n) is 4.53. The van der Waals surface area contributed by atoms with E-state index in [0.29, 0.717) is 11.7 Å². The lowest BCUT2D eigenvalue weighted by Gasteiger charge is -2.03. The highest BCUT2D eigenvalue weighted by atomic mass is 32.1. The van der Waals surface area contributed by atoms with Gasteiger partial charge in [0, 0.05) is 22.8 Å². The summed E-state index contributed by atoms with van der Waals surface area (Å²) in [7, 11) is 0. The number of aromatic nitrogens is 2. The van der Waals surface area contributed by atoms with Crippen molar-refractivity contribution in [3.05, 3.63) is 45.3 Å². The maximum Gasteiger partial charge on any atom is 0.253 e. The van der Waals surface area contributed by atoms with Gasteiger partial charge in [0.1, 0.15) is 0 Å².